The quantitative estimate of drug-likeness (QED) is 0.850. The van der Waals surface area contributed by atoms with Gasteiger partial charge in [0, 0.05) is 24.5 Å². The Balaban J connectivity index is 1.30. The van der Waals surface area contributed by atoms with E-state index in [1.165, 1.54) is 9.94 Å². The van der Waals surface area contributed by atoms with Crippen LogP contribution in [0.5, 0.6) is 0 Å². The third-order valence-corrected chi connectivity index (χ3v) is 6.12. The van der Waals surface area contributed by atoms with Gasteiger partial charge in [-0.15, -0.1) is 11.3 Å². The molecule has 0 unspecified atom stereocenters. The first-order valence-electron chi connectivity index (χ1n) is 8.61. The molecule has 0 aromatic carbocycles. The predicted molar refractivity (Wildman–Crippen MR) is 88.0 cm³/mol. The molecule has 0 aliphatic carbocycles. The molecule has 23 heavy (non-hydrogen) atoms. The van der Waals surface area contributed by atoms with Crippen LogP contribution in [-0.4, -0.2) is 53.8 Å². The van der Waals surface area contributed by atoms with Gasteiger partial charge in [-0.3, -0.25) is 14.5 Å². The lowest BCUT2D eigenvalue weighted by atomic mass is 9.88. The Morgan fingerprint density at radius 2 is 2.17 bits per heavy atom. The summed E-state index contributed by atoms with van der Waals surface area (Å²) < 4.78 is 6.25. The molecule has 1 spiro atoms. The normalized spacial score (nSPS) is 27.8. The molecular weight excluding hydrogens is 312 g/mol. The smallest absolute Gasteiger partial charge is 0.275 e. The van der Waals surface area contributed by atoms with E-state index in [1.54, 1.807) is 0 Å². The molecule has 5 nitrogen and oxygen atoms in total. The van der Waals surface area contributed by atoms with Crippen LogP contribution >= 0.6 is 11.3 Å². The molecule has 1 aromatic heterocycles. The number of piperidine rings is 1. The number of thiophene rings is 1. The maximum atomic E-state index is 12.4. The maximum Gasteiger partial charge on any atom is 0.275 e. The number of amides is 1. The first kappa shape index (κ1) is 15.6. The summed E-state index contributed by atoms with van der Waals surface area (Å²) in [5.74, 6) is 0.0281. The number of hydrogen-bond donors (Lipinski definition) is 0. The Morgan fingerprint density at radius 3 is 2.87 bits per heavy atom. The number of hydrogen-bond acceptors (Lipinski definition) is 5. The van der Waals surface area contributed by atoms with E-state index < -0.39 is 0 Å². The maximum absolute atomic E-state index is 12.4. The molecule has 1 aromatic rings. The number of rotatable bonds is 3. The highest BCUT2D eigenvalue weighted by Crippen LogP contribution is 2.40. The molecule has 0 saturated carbocycles. The Hall–Kier alpha value is -0.950. The van der Waals surface area contributed by atoms with Gasteiger partial charge < -0.3 is 4.74 Å². The van der Waals surface area contributed by atoms with Gasteiger partial charge >= 0.3 is 0 Å². The van der Waals surface area contributed by atoms with Gasteiger partial charge in [-0.05, 0) is 43.6 Å². The fraction of sp³-hybridized carbons (Fsp3) is 0.706. The molecule has 3 aliphatic heterocycles. The number of hydroxylamine groups is 2. The number of carbonyl (C=O) groups excluding carboxylic acids is 1. The number of ether oxygens (including phenoxy) is 1. The van der Waals surface area contributed by atoms with Gasteiger partial charge in [0.05, 0.1) is 18.8 Å². The largest absolute Gasteiger partial charge is 0.362 e. The second-order valence-electron chi connectivity index (χ2n) is 6.81. The summed E-state index contributed by atoms with van der Waals surface area (Å²) in [6.07, 6.45) is 4.54. The Morgan fingerprint density at radius 1 is 1.30 bits per heavy atom. The molecule has 6 heteroatoms. The van der Waals surface area contributed by atoms with Crippen molar-refractivity contribution >= 4 is 17.2 Å². The Bertz CT molecular complexity index is 534. The number of carbonyl (C=O) groups is 1. The average molecular weight is 336 g/mol. The lowest BCUT2D eigenvalue weighted by Crippen LogP contribution is -2.45. The minimum atomic E-state index is -0.294. The predicted octanol–water partition coefficient (Wildman–Crippen LogP) is 2.43. The molecule has 3 fully saturated rings. The number of likely N-dealkylation sites (tertiary alicyclic amines) is 1. The molecule has 1 amide bonds. The van der Waals surface area contributed by atoms with Gasteiger partial charge in [0.1, 0.15) is 6.10 Å². The Kier molecular flexibility index (Phi) is 4.41. The molecule has 0 radical (unpaired) electrons. The van der Waals surface area contributed by atoms with Crippen molar-refractivity contribution in [1.82, 2.24) is 9.96 Å². The first-order chi connectivity index (χ1) is 11.2. The molecule has 4 heterocycles. The van der Waals surface area contributed by atoms with Gasteiger partial charge in [-0.2, -0.15) is 0 Å². The van der Waals surface area contributed by atoms with E-state index in [0.717, 1.165) is 51.7 Å². The van der Waals surface area contributed by atoms with Crippen molar-refractivity contribution in [2.24, 2.45) is 0 Å². The highest BCUT2D eigenvalue weighted by molar-refractivity contribution is 7.09. The summed E-state index contributed by atoms with van der Waals surface area (Å²) in [4.78, 5) is 21.7. The van der Waals surface area contributed by atoms with Crippen LogP contribution in [0.4, 0.5) is 0 Å². The molecule has 3 saturated heterocycles. The van der Waals surface area contributed by atoms with Crippen LogP contribution in [-0.2, 0) is 20.9 Å². The van der Waals surface area contributed by atoms with Crippen LogP contribution in [0.2, 0.25) is 0 Å². The van der Waals surface area contributed by atoms with Gasteiger partial charge in [0.15, 0.2) is 0 Å². The van der Waals surface area contributed by atoms with E-state index in [2.05, 4.69) is 22.4 Å². The van der Waals surface area contributed by atoms with Crippen LogP contribution in [0.1, 0.15) is 37.0 Å². The van der Waals surface area contributed by atoms with Gasteiger partial charge in [-0.1, -0.05) is 6.07 Å². The highest BCUT2D eigenvalue weighted by atomic mass is 32.1. The van der Waals surface area contributed by atoms with Gasteiger partial charge in [0.25, 0.3) is 5.91 Å². The minimum absolute atomic E-state index is 0.0281. The second-order valence-corrected chi connectivity index (χ2v) is 7.84. The molecule has 4 rings (SSSR count). The van der Waals surface area contributed by atoms with Crippen molar-refractivity contribution in [3.8, 4) is 0 Å². The lowest BCUT2D eigenvalue weighted by molar-refractivity contribution is -0.185. The van der Waals surface area contributed by atoms with Crippen molar-refractivity contribution < 1.29 is 14.4 Å². The molecule has 1 atom stereocenters. The van der Waals surface area contributed by atoms with Crippen molar-refractivity contribution in [3.63, 3.8) is 0 Å². The highest BCUT2D eigenvalue weighted by Gasteiger charge is 2.46. The lowest BCUT2D eigenvalue weighted by Gasteiger charge is -2.39. The SMILES string of the molecule is O=C([C@@H]1CCC2(CCN(Cc3cccs3)CC2)O1)N1CCCO1. The zero-order chi connectivity index (χ0) is 15.7. The van der Waals surface area contributed by atoms with E-state index in [-0.39, 0.29) is 17.6 Å². The van der Waals surface area contributed by atoms with Crippen LogP contribution in [0.25, 0.3) is 0 Å². The molecule has 126 valence electrons. The van der Waals surface area contributed by atoms with Gasteiger partial charge in [-0.25, -0.2) is 5.06 Å². The van der Waals surface area contributed by atoms with Crippen molar-refractivity contribution in [2.45, 2.75) is 50.4 Å². The summed E-state index contributed by atoms with van der Waals surface area (Å²) >= 11 is 1.82. The summed E-state index contributed by atoms with van der Waals surface area (Å²) in [5, 5.41) is 3.65. The summed E-state index contributed by atoms with van der Waals surface area (Å²) in [6.45, 7) is 4.51. The van der Waals surface area contributed by atoms with Crippen LogP contribution in [0.15, 0.2) is 17.5 Å². The summed E-state index contributed by atoms with van der Waals surface area (Å²) in [7, 11) is 0. The zero-order valence-electron chi connectivity index (χ0n) is 13.4. The third kappa shape index (κ3) is 3.31. The molecule has 0 N–H and O–H groups in total. The van der Waals surface area contributed by atoms with Gasteiger partial charge in [0.2, 0.25) is 0 Å². The van der Waals surface area contributed by atoms with Crippen molar-refractivity contribution in [2.75, 3.05) is 26.2 Å². The van der Waals surface area contributed by atoms with Crippen molar-refractivity contribution in [3.05, 3.63) is 22.4 Å². The number of nitrogens with zero attached hydrogens (tertiary/aromatic N) is 2. The van der Waals surface area contributed by atoms with Crippen LogP contribution in [0, 0.1) is 0 Å². The average Bonchev–Trinajstić information content (AvgIpc) is 3.31. The van der Waals surface area contributed by atoms with E-state index in [1.807, 2.05) is 11.3 Å². The fourth-order valence-corrected chi connectivity index (χ4v) is 4.63. The molecule has 0 bridgehead atoms. The van der Waals surface area contributed by atoms with Crippen molar-refractivity contribution in [1.29, 1.82) is 0 Å². The second kappa shape index (κ2) is 6.51. The van der Waals surface area contributed by atoms with Crippen LogP contribution < -0.4 is 0 Å². The molecular formula is C17H24N2O3S. The standard InChI is InChI=1S/C17H24N2O3S/c20-16(19-8-2-11-21-19)15-4-5-17(22-15)6-9-18(10-7-17)13-14-3-1-12-23-14/h1,3,12,15H,2,4-11,13H2/t15-/m0/s1. The summed E-state index contributed by atoms with van der Waals surface area (Å²) in [5.41, 5.74) is -0.0774. The molecule has 3 aliphatic rings. The van der Waals surface area contributed by atoms with E-state index in [9.17, 15) is 4.79 Å². The fourth-order valence-electron chi connectivity index (χ4n) is 3.88. The van der Waals surface area contributed by atoms with E-state index in [0.29, 0.717) is 13.2 Å². The zero-order valence-corrected chi connectivity index (χ0v) is 14.2. The Labute approximate surface area is 141 Å². The van der Waals surface area contributed by atoms with Crippen LogP contribution in [0.3, 0.4) is 0 Å². The third-order valence-electron chi connectivity index (χ3n) is 5.26. The topological polar surface area (TPSA) is 42.0 Å². The minimum Gasteiger partial charge on any atom is -0.362 e. The monoisotopic (exact) mass is 336 g/mol. The van der Waals surface area contributed by atoms with E-state index >= 15 is 0 Å². The van der Waals surface area contributed by atoms with E-state index in [4.69, 9.17) is 9.57 Å². The first-order valence-corrected chi connectivity index (χ1v) is 9.49. The summed E-state index contributed by atoms with van der Waals surface area (Å²) in [6, 6.07) is 4.31.